The van der Waals surface area contributed by atoms with E-state index in [9.17, 15) is 14.4 Å². The minimum atomic E-state index is -0.891. The molecule has 0 aliphatic heterocycles. The Morgan fingerprint density at radius 1 is 0.812 bits per heavy atom. The predicted molar refractivity (Wildman–Crippen MR) is 123 cm³/mol. The molecule has 0 aromatic heterocycles. The van der Waals surface area contributed by atoms with Crippen LogP contribution in [-0.4, -0.2) is 24.0 Å². The number of ether oxygens (including phenoxy) is 1. The van der Waals surface area contributed by atoms with Crippen molar-refractivity contribution >= 4 is 35.8 Å². The first-order valence-electron chi connectivity index (χ1n) is 9.76. The Hall–Kier alpha value is -4.52. The first-order chi connectivity index (χ1) is 15.5. The highest BCUT2D eigenvalue weighted by molar-refractivity contribution is 6.39. The van der Waals surface area contributed by atoms with Crippen LogP contribution in [0.2, 0.25) is 0 Å². The summed E-state index contributed by atoms with van der Waals surface area (Å²) in [6.07, 6.45) is 4.39. The molecule has 0 saturated carbocycles. The maximum Gasteiger partial charge on any atom is 0.336 e. The number of benzene rings is 3. The maximum atomic E-state index is 11.9. The van der Waals surface area contributed by atoms with Crippen molar-refractivity contribution in [2.24, 2.45) is 5.10 Å². The first kappa shape index (κ1) is 22.2. The number of aryl methyl sites for hydroxylation is 1. The van der Waals surface area contributed by atoms with Gasteiger partial charge in [0, 0.05) is 11.8 Å². The van der Waals surface area contributed by atoms with Gasteiger partial charge in [-0.3, -0.25) is 9.59 Å². The van der Waals surface area contributed by atoms with E-state index in [2.05, 4.69) is 15.8 Å². The number of nitrogens with one attached hydrogen (secondary N) is 2. The predicted octanol–water partition coefficient (Wildman–Crippen LogP) is 3.70. The van der Waals surface area contributed by atoms with Gasteiger partial charge in [-0.25, -0.2) is 10.2 Å². The zero-order valence-corrected chi connectivity index (χ0v) is 17.3. The van der Waals surface area contributed by atoms with Crippen LogP contribution in [-0.2, 0) is 14.4 Å². The molecule has 0 unspecified atom stereocenters. The van der Waals surface area contributed by atoms with Gasteiger partial charge in [0.25, 0.3) is 0 Å². The molecule has 32 heavy (non-hydrogen) atoms. The molecule has 7 nitrogen and oxygen atoms in total. The average molecular weight is 427 g/mol. The smallest absolute Gasteiger partial charge is 0.336 e. The number of hydrogen-bond acceptors (Lipinski definition) is 5. The van der Waals surface area contributed by atoms with Crippen LogP contribution in [0.15, 0.2) is 90.0 Å². The van der Waals surface area contributed by atoms with Crippen LogP contribution in [0.4, 0.5) is 5.69 Å². The highest BCUT2D eigenvalue weighted by atomic mass is 16.5. The summed E-state index contributed by atoms with van der Waals surface area (Å²) in [6.45, 7) is 1.92. The van der Waals surface area contributed by atoms with Gasteiger partial charge in [0.05, 0.1) is 6.21 Å². The Balaban J connectivity index is 1.46. The molecule has 160 valence electrons. The quantitative estimate of drug-likeness (QED) is 0.157. The van der Waals surface area contributed by atoms with Crippen molar-refractivity contribution in [3.05, 3.63) is 102 Å². The van der Waals surface area contributed by atoms with E-state index in [-0.39, 0.29) is 0 Å². The molecule has 0 atom stereocenters. The zero-order valence-electron chi connectivity index (χ0n) is 17.3. The van der Waals surface area contributed by atoms with Crippen molar-refractivity contribution in [3.63, 3.8) is 0 Å². The molecule has 2 N–H and O–H groups in total. The molecular weight excluding hydrogens is 406 g/mol. The van der Waals surface area contributed by atoms with Gasteiger partial charge < -0.3 is 10.1 Å². The van der Waals surface area contributed by atoms with E-state index in [0.717, 1.165) is 11.1 Å². The number of rotatable bonds is 6. The van der Waals surface area contributed by atoms with Crippen molar-refractivity contribution in [3.8, 4) is 5.75 Å². The van der Waals surface area contributed by atoms with Crippen LogP contribution in [0, 0.1) is 6.92 Å². The zero-order chi connectivity index (χ0) is 22.8. The number of carbonyl (C=O) groups excluding carboxylic acids is 3. The summed E-state index contributed by atoms with van der Waals surface area (Å²) in [6, 6.07) is 23.0. The largest absolute Gasteiger partial charge is 0.423 e. The summed E-state index contributed by atoms with van der Waals surface area (Å²) in [5.41, 5.74) is 5.26. The van der Waals surface area contributed by atoms with Crippen LogP contribution >= 0.6 is 0 Å². The normalized spacial score (nSPS) is 10.8. The van der Waals surface area contributed by atoms with Gasteiger partial charge in [0.2, 0.25) is 0 Å². The first-order valence-corrected chi connectivity index (χ1v) is 9.76. The van der Waals surface area contributed by atoms with E-state index in [1.54, 1.807) is 42.5 Å². The molecule has 0 heterocycles. The molecule has 3 aromatic rings. The minimum Gasteiger partial charge on any atom is -0.423 e. The van der Waals surface area contributed by atoms with Crippen molar-refractivity contribution in [2.45, 2.75) is 6.92 Å². The lowest BCUT2D eigenvalue weighted by Gasteiger charge is -2.04. The molecule has 3 rings (SSSR count). The fourth-order valence-corrected chi connectivity index (χ4v) is 2.54. The number of anilines is 1. The summed E-state index contributed by atoms with van der Waals surface area (Å²) in [7, 11) is 0. The molecule has 3 aromatic carbocycles. The molecule has 0 saturated heterocycles. The molecule has 7 heteroatoms. The molecule has 0 radical (unpaired) electrons. The number of nitrogens with zero attached hydrogens (tertiary/aromatic N) is 1. The fraction of sp³-hybridized carbons (Fsp3) is 0.0400. The van der Waals surface area contributed by atoms with Crippen LogP contribution in [0.3, 0.4) is 0 Å². The Bertz CT molecular complexity index is 1140. The van der Waals surface area contributed by atoms with E-state index in [1.165, 1.54) is 12.3 Å². The Morgan fingerprint density at radius 2 is 1.50 bits per heavy atom. The van der Waals surface area contributed by atoms with Crippen molar-refractivity contribution in [2.75, 3.05) is 5.32 Å². The maximum absolute atomic E-state index is 11.9. The van der Waals surface area contributed by atoms with Crippen LogP contribution in [0.25, 0.3) is 6.08 Å². The number of esters is 1. The third kappa shape index (κ3) is 7.07. The van der Waals surface area contributed by atoms with Crippen molar-refractivity contribution in [1.82, 2.24) is 5.43 Å². The standard InChI is InChI=1S/C25H21N3O4/c1-18-7-12-21(13-8-18)27-24(30)25(31)28-26-17-20-9-14-22(15-10-20)32-23(29)16-11-19-5-3-2-4-6-19/h2-17H,1H3,(H,27,30)(H,28,31)/b16-11+,26-17+. The summed E-state index contributed by atoms with van der Waals surface area (Å²) in [5.74, 6) is -1.84. The molecule has 0 aliphatic carbocycles. The van der Waals surface area contributed by atoms with Crippen LogP contribution in [0.5, 0.6) is 5.75 Å². The average Bonchev–Trinajstić information content (AvgIpc) is 2.81. The number of carbonyl (C=O) groups is 3. The van der Waals surface area contributed by atoms with E-state index in [0.29, 0.717) is 17.0 Å². The number of hydrogen-bond donors (Lipinski definition) is 2. The lowest BCUT2D eigenvalue weighted by molar-refractivity contribution is -0.136. The number of hydrazone groups is 1. The fourth-order valence-electron chi connectivity index (χ4n) is 2.54. The minimum absolute atomic E-state index is 0.367. The Kier molecular flexibility index (Phi) is 7.64. The molecule has 2 amide bonds. The molecule has 0 aliphatic rings. The Morgan fingerprint density at radius 3 is 2.19 bits per heavy atom. The van der Waals surface area contributed by atoms with Gasteiger partial charge in [-0.05, 0) is 60.5 Å². The highest BCUT2D eigenvalue weighted by Gasteiger charge is 2.12. The van der Waals surface area contributed by atoms with Crippen LogP contribution in [0.1, 0.15) is 16.7 Å². The third-order valence-electron chi connectivity index (χ3n) is 4.21. The summed E-state index contributed by atoms with van der Waals surface area (Å²) < 4.78 is 5.24. The van der Waals surface area contributed by atoms with Gasteiger partial charge in [0.1, 0.15) is 5.75 Å². The van der Waals surface area contributed by atoms with Crippen LogP contribution < -0.4 is 15.5 Å². The SMILES string of the molecule is Cc1ccc(NC(=O)C(=O)N/N=C/c2ccc(OC(=O)/C=C/c3ccccc3)cc2)cc1. The molecular formula is C25H21N3O4. The summed E-state index contributed by atoms with van der Waals surface area (Å²) in [4.78, 5) is 35.6. The second-order valence-electron chi connectivity index (χ2n) is 6.75. The van der Waals surface area contributed by atoms with E-state index in [4.69, 9.17) is 4.74 Å². The molecule has 0 spiro atoms. The third-order valence-corrected chi connectivity index (χ3v) is 4.21. The van der Waals surface area contributed by atoms with E-state index >= 15 is 0 Å². The molecule has 0 bridgehead atoms. The monoisotopic (exact) mass is 427 g/mol. The van der Waals surface area contributed by atoms with Crippen molar-refractivity contribution < 1.29 is 19.1 Å². The number of amides is 2. The lowest BCUT2D eigenvalue weighted by atomic mass is 10.2. The van der Waals surface area contributed by atoms with Gasteiger partial charge in [-0.2, -0.15) is 5.10 Å². The summed E-state index contributed by atoms with van der Waals surface area (Å²) >= 11 is 0. The van der Waals surface area contributed by atoms with Gasteiger partial charge in [-0.15, -0.1) is 0 Å². The van der Waals surface area contributed by atoms with Gasteiger partial charge >= 0.3 is 17.8 Å². The van der Waals surface area contributed by atoms with E-state index in [1.807, 2.05) is 49.4 Å². The second kappa shape index (κ2) is 11.0. The lowest BCUT2D eigenvalue weighted by Crippen LogP contribution is -2.32. The van der Waals surface area contributed by atoms with Gasteiger partial charge in [0.15, 0.2) is 0 Å². The summed E-state index contributed by atoms with van der Waals surface area (Å²) in [5, 5.41) is 6.25. The highest BCUT2D eigenvalue weighted by Crippen LogP contribution is 2.12. The second-order valence-corrected chi connectivity index (χ2v) is 6.75. The van der Waals surface area contributed by atoms with E-state index < -0.39 is 17.8 Å². The van der Waals surface area contributed by atoms with Gasteiger partial charge in [-0.1, -0.05) is 48.0 Å². The topological polar surface area (TPSA) is 96.9 Å². The van der Waals surface area contributed by atoms with Crippen molar-refractivity contribution in [1.29, 1.82) is 0 Å². The molecule has 0 fully saturated rings. The Labute approximate surface area is 185 Å².